The van der Waals surface area contributed by atoms with E-state index in [4.69, 9.17) is 27.9 Å². The molecule has 0 aliphatic rings. The second-order valence-electron chi connectivity index (χ2n) is 7.76. The van der Waals surface area contributed by atoms with Crippen LogP contribution < -0.4 is 9.11 Å². The summed E-state index contributed by atoms with van der Waals surface area (Å²) in [6.07, 6.45) is 0. The molecule has 0 aliphatic carbocycles. The lowest BCUT2D eigenvalue weighted by molar-refractivity contribution is -0.143. The van der Waals surface area contributed by atoms with E-state index in [2.05, 4.69) is 4.99 Å². The zero-order valence-corrected chi connectivity index (χ0v) is 22.9. The van der Waals surface area contributed by atoms with Crippen molar-refractivity contribution in [2.24, 2.45) is 4.99 Å². The Morgan fingerprint density at radius 2 is 1.73 bits per heavy atom. The van der Waals surface area contributed by atoms with Crippen LogP contribution in [0.4, 0.5) is 5.69 Å². The molecule has 0 atom stereocenters. The first-order valence-corrected chi connectivity index (χ1v) is 14.0. The van der Waals surface area contributed by atoms with E-state index in [9.17, 15) is 18.0 Å². The van der Waals surface area contributed by atoms with Crippen LogP contribution in [-0.2, 0) is 26.1 Å². The summed E-state index contributed by atoms with van der Waals surface area (Å²) in [5.41, 5.74) is 1.18. The van der Waals surface area contributed by atoms with Crippen molar-refractivity contribution in [3.8, 4) is 0 Å². The van der Waals surface area contributed by atoms with Crippen LogP contribution in [0.3, 0.4) is 0 Å². The predicted octanol–water partition coefficient (Wildman–Crippen LogP) is 5.14. The van der Waals surface area contributed by atoms with Gasteiger partial charge in [-0.2, -0.15) is 4.99 Å². The van der Waals surface area contributed by atoms with E-state index < -0.39 is 21.9 Å². The number of anilines is 1. The van der Waals surface area contributed by atoms with Crippen molar-refractivity contribution in [1.82, 2.24) is 4.57 Å². The molecular formula is C25H21Cl2N3O5S2. The molecule has 0 radical (unpaired) electrons. The fourth-order valence-electron chi connectivity index (χ4n) is 3.55. The van der Waals surface area contributed by atoms with Crippen LogP contribution in [0.1, 0.15) is 17.3 Å². The molecule has 0 fully saturated rings. The summed E-state index contributed by atoms with van der Waals surface area (Å²) in [5, 5.41) is 0.700. The molecule has 12 heteroatoms. The van der Waals surface area contributed by atoms with Gasteiger partial charge in [0, 0.05) is 17.6 Å². The molecule has 1 heterocycles. The van der Waals surface area contributed by atoms with Crippen molar-refractivity contribution in [3.63, 3.8) is 0 Å². The lowest BCUT2D eigenvalue weighted by Gasteiger charge is -2.19. The summed E-state index contributed by atoms with van der Waals surface area (Å²) < 4.78 is 34.4. The fraction of sp³-hybridized carbons (Fsp3) is 0.160. The van der Waals surface area contributed by atoms with E-state index >= 15 is 0 Å². The maximum Gasteiger partial charge on any atom is 0.326 e. The third-order valence-corrected chi connectivity index (χ3v) is 8.70. The van der Waals surface area contributed by atoms with E-state index in [0.29, 0.717) is 25.9 Å². The standard InChI is InChI=1S/C25H21Cl2N3O5S2/c1-3-35-22(31)15-30-23-20(27)13-17(26)14-21(23)36-25(30)28-24(32)16-9-11-19(12-10-16)37(33,34)29(2)18-7-5-4-6-8-18/h4-14H,3,15H2,1-2H3. The van der Waals surface area contributed by atoms with Gasteiger partial charge in [-0.1, -0.05) is 52.7 Å². The molecule has 3 aromatic carbocycles. The number of para-hydroxylation sites is 1. The van der Waals surface area contributed by atoms with Crippen LogP contribution in [0.5, 0.6) is 0 Å². The van der Waals surface area contributed by atoms with Gasteiger partial charge in [-0.15, -0.1) is 0 Å². The minimum Gasteiger partial charge on any atom is -0.465 e. The number of carbonyl (C=O) groups is 2. The van der Waals surface area contributed by atoms with Gasteiger partial charge in [0.2, 0.25) is 0 Å². The Morgan fingerprint density at radius 1 is 1.05 bits per heavy atom. The topological polar surface area (TPSA) is 98.0 Å². The average molecular weight is 578 g/mol. The summed E-state index contributed by atoms with van der Waals surface area (Å²) in [5.74, 6) is -1.13. The molecule has 0 N–H and O–H groups in total. The van der Waals surface area contributed by atoms with Crippen molar-refractivity contribution >= 4 is 72.3 Å². The van der Waals surface area contributed by atoms with E-state index in [1.165, 1.54) is 46.3 Å². The Kier molecular flexibility index (Phi) is 8.03. The summed E-state index contributed by atoms with van der Waals surface area (Å²) in [6.45, 7) is 1.68. The molecule has 0 spiro atoms. The number of hydrogen-bond donors (Lipinski definition) is 0. The molecule has 4 aromatic rings. The summed E-state index contributed by atoms with van der Waals surface area (Å²) >= 11 is 13.7. The molecule has 0 aliphatic heterocycles. The lowest BCUT2D eigenvalue weighted by Crippen LogP contribution is -2.26. The number of amides is 1. The number of aromatic nitrogens is 1. The number of halogens is 2. The van der Waals surface area contributed by atoms with Crippen molar-refractivity contribution in [2.75, 3.05) is 18.0 Å². The van der Waals surface area contributed by atoms with Crippen LogP contribution in [0.25, 0.3) is 10.2 Å². The Morgan fingerprint density at radius 3 is 2.38 bits per heavy atom. The van der Waals surface area contributed by atoms with Gasteiger partial charge >= 0.3 is 5.97 Å². The number of sulfonamides is 1. The lowest BCUT2D eigenvalue weighted by atomic mass is 10.2. The Balaban J connectivity index is 1.70. The van der Waals surface area contributed by atoms with Crippen LogP contribution in [0.15, 0.2) is 76.6 Å². The Hall–Kier alpha value is -3.18. The third-order valence-electron chi connectivity index (χ3n) is 5.36. The molecule has 1 aromatic heterocycles. The van der Waals surface area contributed by atoms with Crippen molar-refractivity contribution in [3.05, 3.63) is 87.1 Å². The molecule has 37 heavy (non-hydrogen) atoms. The van der Waals surface area contributed by atoms with E-state index in [0.717, 1.165) is 11.3 Å². The van der Waals surface area contributed by atoms with Crippen LogP contribution in [-0.4, -0.2) is 38.5 Å². The van der Waals surface area contributed by atoms with Gasteiger partial charge in [-0.25, -0.2) is 8.42 Å². The molecule has 0 saturated heterocycles. The number of rotatable bonds is 7. The normalized spacial score (nSPS) is 12.1. The maximum absolute atomic E-state index is 13.0. The number of esters is 1. The summed E-state index contributed by atoms with van der Waals surface area (Å²) in [7, 11) is -2.38. The highest BCUT2D eigenvalue weighted by Crippen LogP contribution is 2.30. The van der Waals surface area contributed by atoms with E-state index in [1.807, 2.05) is 0 Å². The van der Waals surface area contributed by atoms with E-state index in [-0.39, 0.29) is 28.4 Å². The highest BCUT2D eigenvalue weighted by molar-refractivity contribution is 7.92. The van der Waals surface area contributed by atoms with Gasteiger partial charge in [0.05, 0.1) is 32.4 Å². The largest absolute Gasteiger partial charge is 0.465 e. The second-order valence-corrected chi connectivity index (χ2v) is 11.6. The van der Waals surface area contributed by atoms with Gasteiger partial charge < -0.3 is 9.30 Å². The number of benzene rings is 3. The van der Waals surface area contributed by atoms with Crippen molar-refractivity contribution < 1.29 is 22.7 Å². The second kappa shape index (κ2) is 11.1. The minimum atomic E-state index is -3.83. The summed E-state index contributed by atoms with van der Waals surface area (Å²) in [4.78, 5) is 29.7. The van der Waals surface area contributed by atoms with E-state index in [1.54, 1.807) is 43.3 Å². The quantitative estimate of drug-likeness (QED) is 0.283. The number of carbonyl (C=O) groups excluding carboxylic acids is 2. The number of nitrogens with zero attached hydrogens (tertiary/aromatic N) is 3. The molecule has 0 unspecified atom stereocenters. The number of ether oxygens (including phenoxy) is 1. The Labute approximate surface area is 227 Å². The highest BCUT2D eigenvalue weighted by Gasteiger charge is 2.22. The molecule has 0 saturated carbocycles. The van der Waals surface area contributed by atoms with Crippen molar-refractivity contribution in [1.29, 1.82) is 0 Å². The van der Waals surface area contributed by atoms with Gasteiger partial charge in [0.1, 0.15) is 6.54 Å². The minimum absolute atomic E-state index is 0.0241. The molecule has 4 rings (SSSR count). The maximum atomic E-state index is 13.0. The first-order chi connectivity index (χ1) is 17.6. The van der Waals surface area contributed by atoms with Gasteiger partial charge in [0.15, 0.2) is 4.80 Å². The third kappa shape index (κ3) is 5.72. The number of hydrogen-bond acceptors (Lipinski definition) is 6. The van der Waals surface area contributed by atoms with Gasteiger partial charge in [0.25, 0.3) is 15.9 Å². The molecular weight excluding hydrogens is 557 g/mol. The van der Waals surface area contributed by atoms with Gasteiger partial charge in [-0.3, -0.25) is 13.9 Å². The number of fused-ring (bicyclic) bond motifs is 1. The first kappa shape index (κ1) is 26.9. The predicted molar refractivity (Wildman–Crippen MR) is 145 cm³/mol. The number of thiazole rings is 1. The molecule has 8 nitrogen and oxygen atoms in total. The average Bonchev–Trinajstić information content (AvgIpc) is 3.20. The highest BCUT2D eigenvalue weighted by atomic mass is 35.5. The van der Waals surface area contributed by atoms with Gasteiger partial charge in [-0.05, 0) is 55.5 Å². The molecule has 1 amide bonds. The van der Waals surface area contributed by atoms with Crippen LogP contribution in [0.2, 0.25) is 10.0 Å². The van der Waals surface area contributed by atoms with Crippen LogP contribution in [0, 0.1) is 0 Å². The SMILES string of the molecule is CCOC(=O)Cn1c(=NC(=O)c2ccc(S(=O)(=O)N(C)c3ccccc3)cc2)sc2cc(Cl)cc(Cl)c21. The zero-order chi connectivity index (χ0) is 26.7. The van der Waals surface area contributed by atoms with Crippen LogP contribution >= 0.6 is 34.5 Å². The zero-order valence-electron chi connectivity index (χ0n) is 19.7. The first-order valence-electron chi connectivity index (χ1n) is 11.0. The molecule has 192 valence electrons. The fourth-order valence-corrected chi connectivity index (χ4v) is 6.56. The molecule has 0 bridgehead atoms. The summed E-state index contributed by atoms with van der Waals surface area (Å²) in [6, 6.07) is 17.4. The smallest absolute Gasteiger partial charge is 0.326 e. The van der Waals surface area contributed by atoms with Crippen molar-refractivity contribution in [2.45, 2.75) is 18.4 Å². The monoisotopic (exact) mass is 577 g/mol. The Bertz CT molecular complexity index is 1650.